The van der Waals surface area contributed by atoms with Crippen molar-refractivity contribution in [2.24, 2.45) is 0 Å². The van der Waals surface area contributed by atoms with Gasteiger partial charge in [-0.05, 0) is 6.07 Å². The van der Waals surface area contributed by atoms with Gasteiger partial charge in [0.15, 0.2) is 13.5 Å². The summed E-state index contributed by atoms with van der Waals surface area (Å²) in [6, 6.07) is 1.88. The van der Waals surface area contributed by atoms with Gasteiger partial charge in [0.05, 0.1) is 5.72 Å². The average Bonchev–Trinajstić information content (AvgIpc) is 2.27. The quantitative estimate of drug-likeness (QED) is 0.406. The summed E-state index contributed by atoms with van der Waals surface area (Å²) in [4.78, 5) is 12.2. The van der Waals surface area contributed by atoms with Crippen LogP contribution in [0, 0.1) is 0 Å². The number of imidazole rings is 1. The fourth-order valence-electron chi connectivity index (χ4n) is 1.00. The van der Waals surface area contributed by atoms with Gasteiger partial charge in [0.2, 0.25) is 0 Å². The van der Waals surface area contributed by atoms with Crippen molar-refractivity contribution in [3.05, 3.63) is 12.3 Å². The monoisotopic (exact) mass is 163 g/mol. The van der Waals surface area contributed by atoms with Gasteiger partial charge in [-0.15, -0.1) is 12.6 Å². The highest BCUT2D eigenvalue weighted by Gasteiger charge is 1.98. The Labute approximate surface area is 70.1 Å². The van der Waals surface area contributed by atoms with Crippen molar-refractivity contribution in [2.45, 2.75) is 4.90 Å². The van der Waals surface area contributed by atoms with Gasteiger partial charge in [-0.3, -0.25) is 0 Å². The standard InChI is InChI=1S/C6H6BN3S/c7-6-9-4-1-3(11)2-8-5(4)10-6/h1-2,11H,7H2,(H,8,9,10). The van der Waals surface area contributed by atoms with Crippen LogP contribution in [-0.4, -0.2) is 22.8 Å². The van der Waals surface area contributed by atoms with E-state index < -0.39 is 0 Å². The molecule has 11 heavy (non-hydrogen) atoms. The molecule has 2 heterocycles. The molecule has 0 unspecified atom stereocenters. The third kappa shape index (κ3) is 1.11. The minimum absolute atomic E-state index is 0.820. The van der Waals surface area contributed by atoms with E-state index >= 15 is 0 Å². The Morgan fingerprint density at radius 3 is 3.18 bits per heavy atom. The number of nitrogens with zero attached hydrogens (tertiary/aromatic N) is 2. The van der Waals surface area contributed by atoms with E-state index in [2.05, 4.69) is 27.6 Å². The first-order valence-corrected chi connectivity index (χ1v) is 3.72. The fraction of sp³-hybridized carbons (Fsp3) is 0. The van der Waals surface area contributed by atoms with Gasteiger partial charge in [-0.1, -0.05) is 0 Å². The van der Waals surface area contributed by atoms with Crippen molar-refractivity contribution in [1.82, 2.24) is 15.0 Å². The van der Waals surface area contributed by atoms with Crippen LogP contribution in [0.4, 0.5) is 0 Å². The van der Waals surface area contributed by atoms with Crippen molar-refractivity contribution >= 4 is 37.4 Å². The molecule has 0 aliphatic heterocycles. The summed E-state index contributed by atoms with van der Waals surface area (Å²) in [5.41, 5.74) is 2.57. The molecule has 54 valence electrons. The maximum atomic E-state index is 4.21. The van der Waals surface area contributed by atoms with Crippen LogP contribution in [0.15, 0.2) is 17.2 Å². The van der Waals surface area contributed by atoms with E-state index in [9.17, 15) is 0 Å². The summed E-state index contributed by atoms with van der Waals surface area (Å²) in [7, 11) is 1.90. The highest BCUT2D eigenvalue weighted by molar-refractivity contribution is 7.80. The van der Waals surface area contributed by atoms with Gasteiger partial charge in [0.25, 0.3) is 0 Å². The van der Waals surface area contributed by atoms with Crippen LogP contribution in [0.2, 0.25) is 0 Å². The van der Waals surface area contributed by atoms with Crippen LogP contribution in [0.5, 0.6) is 0 Å². The van der Waals surface area contributed by atoms with Crippen molar-refractivity contribution in [2.75, 3.05) is 0 Å². The molecular formula is C6H6BN3S. The van der Waals surface area contributed by atoms with Gasteiger partial charge in [-0.2, -0.15) is 0 Å². The molecule has 2 aromatic heterocycles. The smallest absolute Gasteiger partial charge is 0.186 e. The van der Waals surface area contributed by atoms with Crippen molar-refractivity contribution in [1.29, 1.82) is 0 Å². The lowest BCUT2D eigenvalue weighted by Gasteiger charge is -1.87. The average molecular weight is 163 g/mol. The Kier molecular flexibility index (Phi) is 1.39. The second kappa shape index (κ2) is 2.27. The molecule has 0 atom stereocenters. The number of aromatic amines is 1. The number of thiol groups is 1. The minimum atomic E-state index is 0.820. The van der Waals surface area contributed by atoms with E-state index in [1.165, 1.54) is 0 Å². The Bertz CT molecular complexity index is 398. The minimum Gasteiger partial charge on any atom is -0.335 e. The molecule has 1 N–H and O–H groups in total. The van der Waals surface area contributed by atoms with Gasteiger partial charge >= 0.3 is 0 Å². The third-order valence-corrected chi connectivity index (χ3v) is 1.69. The highest BCUT2D eigenvalue weighted by Crippen LogP contribution is 2.09. The number of nitrogens with one attached hydrogen (secondary N) is 1. The summed E-state index contributed by atoms with van der Waals surface area (Å²) < 4.78 is 0. The molecule has 0 saturated heterocycles. The molecule has 2 aromatic rings. The fourth-order valence-corrected chi connectivity index (χ4v) is 1.18. The Morgan fingerprint density at radius 1 is 1.55 bits per heavy atom. The number of fused-ring (bicyclic) bond motifs is 1. The van der Waals surface area contributed by atoms with E-state index in [0.717, 1.165) is 21.8 Å². The zero-order valence-electron chi connectivity index (χ0n) is 6.00. The number of pyridine rings is 1. The Balaban J connectivity index is 2.82. The highest BCUT2D eigenvalue weighted by atomic mass is 32.1. The molecule has 3 nitrogen and oxygen atoms in total. The van der Waals surface area contributed by atoms with Crippen molar-refractivity contribution in [3.8, 4) is 0 Å². The first-order chi connectivity index (χ1) is 5.25. The molecule has 0 saturated carbocycles. The molecule has 0 aliphatic carbocycles. The zero-order valence-corrected chi connectivity index (χ0v) is 6.89. The van der Waals surface area contributed by atoms with Crippen LogP contribution in [-0.2, 0) is 0 Å². The lowest BCUT2D eigenvalue weighted by atomic mass is 10.1. The molecule has 0 fully saturated rings. The third-order valence-electron chi connectivity index (χ3n) is 1.44. The molecule has 0 aromatic carbocycles. The second-order valence-corrected chi connectivity index (χ2v) is 2.90. The predicted molar refractivity (Wildman–Crippen MR) is 49.3 cm³/mol. The van der Waals surface area contributed by atoms with Crippen molar-refractivity contribution in [3.63, 3.8) is 0 Å². The molecule has 0 radical (unpaired) electrons. The van der Waals surface area contributed by atoms with Crippen LogP contribution in [0.25, 0.3) is 11.2 Å². The second-order valence-electron chi connectivity index (χ2n) is 2.38. The van der Waals surface area contributed by atoms with Gasteiger partial charge in [-0.25, -0.2) is 9.97 Å². The zero-order chi connectivity index (χ0) is 7.84. The van der Waals surface area contributed by atoms with Crippen LogP contribution in [0.1, 0.15) is 0 Å². The van der Waals surface area contributed by atoms with Gasteiger partial charge in [0.1, 0.15) is 5.52 Å². The van der Waals surface area contributed by atoms with E-state index in [4.69, 9.17) is 0 Å². The topological polar surface area (TPSA) is 41.6 Å². The van der Waals surface area contributed by atoms with E-state index in [0.29, 0.717) is 0 Å². The largest absolute Gasteiger partial charge is 0.335 e. The van der Waals surface area contributed by atoms with Gasteiger partial charge < -0.3 is 4.98 Å². The molecule has 0 bridgehead atoms. The first-order valence-electron chi connectivity index (χ1n) is 3.27. The number of H-pyrrole nitrogens is 1. The lowest BCUT2D eigenvalue weighted by molar-refractivity contribution is 1.28. The Morgan fingerprint density at radius 2 is 2.36 bits per heavy atom. The molecule has 0 amide bonds. The number of aromatic nitrogens is 3. The molecular weight excluding hydrogens is 157 g/mol. The van der Waals surface area contributed by atoms with E-state index in [1.54, 1.807) is 6.20 Å². The summed E-state index contributed by atoms with van der Waals surface area (Å²) >= 11 is 4.15. The predicted octanol–water partition coefficient (Wildman–Crippen LogP) is -0.495. The number of hydrogen-bond donors (Lipinski definition) is 2. The van der Waals surface area contributed by atoms with E-state index in [1.807, 2.05) is 13.9 Å². The number of hydrogen-bond acceptors (Lipinski definition) is 3. The summed E-state index contributed by atoms with van der Waals surface area (Å²) in [6.07, 6.45) is 1.70. The number of rotatable bonds is 0. The van der Waals surface area contributed by atoms with Crippen LogP contribution >= 0.6 is 12.6 Å². The van der Waals surface area contributed by atoms with Crippen LogP contribution < -0.4 is 5.72 Å². The lowest BCUT2D eigenvalue weighted by Crippen LogP contribution is -2.04. The van der Waals surface area contributed by atoms with E-state index in [-0.39, 0.29) is 0 Å². The molecule has 2 rings (SSSR count). The SMILES string of the molecule is Bc1nc2cc(S)cnc2[nH]1. The van der Waals surface area contributed by atoms with Crippen LogP contribution in [0.3, 0.4) is 0 Å². The molecule has 0 aliphatic rings. The maximum Gasteiger partial charge on any atom is 0.186 e. The molecule has 0 spiro atoms. The van der Waals surface area contributed by atoms with Gasteiger partial charge in [0, 0.05) is 11.1 Å². The summed E-state index contributed by atoms with van der Waals surface area (Å²) in [5, 5.41) is 0. The summed E-state index contributed by atoms with van der Waals surface area (Å²) in [5.74, 6) is 0. The molecule has 5 heteroatoms. The first kappa shape index (κ1) is 6.73. The van der Waals surface area contributed by atoms with Crippen molar-refractivity contribution < 1.29 is 0 Å². The maximum absolute atomic E-state index is 4.21. The summed E-state index contributed by atoms with van der Waals surface area (Å²) in [6.45, 7) is 0. The normalized spacial score (nSPS) is 10.6. The Hall–Kier alpha value is -0.965.